The van der Waals surface area contributed by atoms with Crippen molar-refractivity contribution in [1.82, 2.24) is 0 Å². The van der Waals surface area contributed by atoms with Gasteiger partial charge in [0.25, 0.3) is 0 Å². The Hall–Kier alpha value is -1.36. The Morgan fingerprint density at radius 1 is 1.30 bits per heavy atom. The lowest BCUT2D eigenvalue weighted by molar-refractivity contribution is 0.0602. The molecular formula is C15H24N2O2S. The predicted octanol–water partition coefficient (Wildman–Crippen LogP) is 3.39. The molecular weight excluding hydrogens is 272 g/mol. The summed E-state index contributed by atoms with van der Waals surface area (Å²) in [7, 11) is 1.38. The number of esters is 1. The molecule has 0 spiro atoms. The first kappa shape index (κ1) is 16.7. The molecule has 112 valence electrons. The number of ether oxygens (including phenoxy) is 1. The third-order valence-corrected chi connectivity index (χ3v) is 3.78. The summed E-state index contributed by atoms with van der Waals surface area (Å²) in [5.41, 5.74) is 7.68. The van der Waals surface area contributed by atoms with Crippen molar-refractivity contribution in [2.45, 2.75) is 25.7 Å². The minimum absolute atomic E-state index is 0.361. The van der Waals surface area contributed by atoms with Crippen LogP contribution in [-0.4, -0.2) is 31.6 Å². The molecule has 4 nitrogen and oxygen atoms in total. The first-order chi connectivity index (χ1) is 9.70. The van der Waals surface area contributed by atoms with E-state index in [9.17, 15) is 4.79 Å². The Bertz CT molecular complexity index is 424. The van der Waals surface area contributed by atoms with Crippen LogP contribution in [0.15, 0.2) is 18.2 Å². The fourth-order valence-electron chi connectivity index (χ4n) is 1.99. The molecule has 0 fully saturated rings. The Labute approximate surface area is 125 Å². The van der Waals surface area contributed by atoms with Gasteiger partial charge in [-0.25, -0.2) is 4.79 Å². The number of thioether (sulfide) groups is 1. The molecule has 3 N–H and O–H groups in total. The van der Waals surface area contributed by atoms with Crippen molar-refractivity contribution in [3.8, 4) is 0 Å². The third kappa shape index (κ3) is 5.33. The number of carbonyl (C=O) groups is 1. The van der Waals surface area contributed by atoms with E-state index in [-0.39, 0.29) is 5.97 Å². The lowest BCUT2D eigenvalue weighted by Crippen LogP contribution is -2.11. The summed E-state index contributed by atoms with van der Waals surface area (Å²) in [6, 6.07) is 5.27. The maximum atomic E-state index is 11.7. The van der Waals surface area contributed by atoms with Crippen LogP contribution in [0.2, 0.25) is 0 Å². The van der Waals surface area contributed by atoms with E-state index in [4.69, 9.17) is 10.5 Å². The van der Waals surface area contributed by atoms with Gasteiger partial charge in [-0.3, -0.25) is 0 Å². The van der Waals surface area contributed by atoms with Crippen LogP contribution in [-0.2, 0) is 4.74 Å². The van der Waals surface area contributed by atoms with E-state index in [1.807, 2.05) is 11.8 Å². The Morgan fingerprint density at radius 3 is 2.75 bits per heavy atom. The van der Waals surface area contributed by atoms with Gasteiger partial charge in [-0.2, -0.15) is 11.8 Å². The zero-order chi connectivity index (χ0) is 14.8. The summed E-state index contributed by atoms with van der Waals surface area (Å²) in [5, 5.41) is 3.26. The number of hydrogen-bond donors (Lipinski definition) is 2. The number of anilines is 2. The molecule has 0 saturated heterocycles. The SMILES string of the molecule is COC(=O)c1cccc(N)c1NCCCCCCSC. The molecule has 0 radical (unpaired) electrons. The molecule has 0 aliphatic heterocycles. The number of unbranched alkanes of at least 4 members (excludes halogenated alkanes) is 3. The van der Waals surface area contributed by atoms with Crippen LogP contribution in [0.3, 0.4) is 0 Å². The van der Waals surface area contributed by atoms with E-state index < -0.39 is 0 Å². The fraction of sp³-hybridized carbons (Fsp3) is 0.533. The number of methoxy groups -OCH3 is 1. The second kappa shape index (κ2) is 9.53. The fourth-order valence-corrected chi connectivity index (χ4v) is 2.48. The standard InChI is InChI=1S/C15H24N2O2S/c1-19-15(18)12-8-7-9-13(16)14(12)17-10-5-3-4-6-11-20-2/h7-9,17H,3-6,10-11,16H2,1-2H3. The summed E-state index contributed by atoms with van der Waals surface area (Å²) in [6.07, 6.45) is 6.91. The van der Waals surface area contributed by atoms with Gasteiger partial charge in [0.15, 0.2) is 0 Å². The van der Waals surface area contributed by atoms with Gasteiger partial charge in [-0.05, 0) is 37.0 Å². The molecule has 0 bridgehead atoms. The maximum absolute atomic E-state index is 11.7. The molecule has 0 aliphatic carbocycles. The van der Waals surface area contributed by atoms with Crippen LogP contribution in [0.1, 0.15) is 36.0 Å². The summed E-state index contributed by atoms with van der Waals surface area (Å²) in [6.45, 7) is 0.817. The summed E-state index contributed by atoms with van der Waals surface area (Å²) in [5.74, 6) is 0.866. The van der Waals surface area contributed by atoms with Gasteiger partial charge >= 0.3 is 5.97 Å². The number of carbonyl (C=O) groups excluding carboxylic acids is 1. The van der Waals surface area contributed by atoms with Crippen LogP contribution in [0.25, 0.3) is 0 Å². The van der Waals surface area contributed by atoms with Crippen LogP contribution in [0.5, 0.6) is 0 Å². The Kier molecular flexibility index (Phi) is 7.95. The first-order valence-electron chi connectivity index (χ1n) is 6.90. The van der Waals surface area contributed by atoms with Crippen molar-refractivity contribution >= 4 is 29.1 Å². The highest BCUT2D eigenvalue weighted by Gasteiger charge is 2.13. The van der Waals surface area contributed by atoms with Gasteiger partial charge in [-0.15, -0.1) is 0 Å². The highest BCUT2D eigenvalue weighted by atomic mass is 32.2. The van der Waals surface area contributed by atoms with E-state index in [0.717, 1.165) is 13.0 Å². The van der Waals surface area contributed by atoms with Gasteiger partial charge in [0.2, 0.25) is 0 Å². The van der Waals surface area contributed by atoms with E-state index in [2.05, 4.69) is 11.6 Å². The molecule has 0 unspecified atom stereocenters. The van der Waals surface area contributed by atoms with Crippen molar-refractivity contribution in [3.63, 3.8) is 0 Å². The van der Waals surface area contributed by atoms with Gasteiger partial charge in [-0.1, -0.05) is 18.9 Å². The second-order valence-corrected chi connectivity index (χ2v) is 5.58. The molecule has 0 aliphatic rings. The molecule has 0 heterocycles. The van der Waals surface area contributed by atoms with E-state index >= 15 is 0 Å². The average Bonchev–Trinajstić information content (AvgIpc) is 2.46. The van der Waals surface area contributed by atoms with Crippen molar-refractivity contribution in [1.29, 1.82) is 0 Å². The number of nitrogens with one attached hydrogen (secondary N) is 1. The van der Waals surface area contributed by atoms with Gasteiger partial charge in [0.05, 0.1) is 24.0 Å². The van der Waals surface area contributed by atoms with Crippen molar-refractivity contribution in [2.75, 3.05) is 36.7 Å². The van der Waals surface area contributed by atoms with Crippen LogP contribution < -0.4 is 11.1 Å². The molecule has 1 aromatic rings. The van der Waals surface area contributed by atoms with E-state index in [1.54, 1.807) is 18.2 Å². The highest BCUT2D eigenvalue weighted by Crippen LogP contribution is 2.24. The Morgan fingerprint density at radius 2 is 2.05 bits per heavy atom. The predicted molar refractivity (Wildman–Crippen MR) is 87.5 cm³/mol. The van der Waals surface area contributed by atoms with Gasteiger partial charge in [0, 0.05) is 6.54 Å². The normalized spacial score (nSPS) is 10.3. The average molecular weight is 296 g/mol. The van der Waals surface area contributed by atoms with Crippen LogP contribution in [0.4, 0.5) is 11.4 Å². The quantitative estimate of drug-likeness (QED) is 0.415. The van der Waals surface area contributed by atoms with Crippen molar-refractivity contribution in [2.24, 2.45) is 0 Å². The second-order valence-electron chi connectivity index (χ2n) is 4.60. The highest BCUT2D eigenvalue weighted by molar-refractivity contribution is 7.98. The lowest BCUT2D eigenvalue weighted by atomic mass is 10.1. The molecule has 5 heteroatoms. The van der Waals surface area contributed by atoms with E-state index in [1.165, 1.54) is 32.1 Å². The number of hydrogen-bond acceptors (Lipinski definition) is 5. The summed E-state index contributed by atoms with van der Waals surface area (Å²) < 4.78 is 4.77. The number of benzene rings is 1. The van der Waals surface area contributed by atoms with Gasteiger partial charge in [0.1, 0.15) is 0 Å². The van der Waals surface area contributed by atoms with E-state index in [0.29, 0.717) is 16.9 Å². The molecule has 20 heavy (non-hydrogen) atoms. The van der Waals surface area contributed by atoms with Gasteiger partial charge < -0.3 is 15.8 Å². The lowest BCUT2D eigenvalue weighted by Gasteiger charge is -2.13. The number of rotatable bonds is 9. The third-order valence-electron chi connectivity index (χ3n) is 3.08. The summed E-state index contributed by atoms with van der Waals surface area (Å²) >= 11 is 1.89. The zero-order valence-electron chi connectivity index (χ0n) is 12.3. The minimum atomic E-state index is -0.361. The number of nitrogens with two attached hydrogens (primary N) is 1. The number of nitrogen functional groups attached to an aromatic ring is 1. The topological polar surface area (TPSA) is 64.3 Å². The Balaban J connectivity index is 2.45. The van der Waals surface area contributed by atoms with Crippen LogP contribution >= 0.6 is 11.8 Å². The first-order valence-corrected chi connectivity index (χ1v) is 8.29. The van der Waals surface area contributed by atoms with Crippen molar-refractivity contribution < 1.29 is 9.53 Å². The largest absolute Gasteiger partial charge is 0.465 e. The molecule has 0 amide bonds. The smallest absolute Gasteiger partial charge is 0.340 e. The summed E-state index contributed by atoms with van der Waals surface area (Å²) in [4.78, 5) is 11.7. The maximum Gasteiger partial charge on any atom is 0.340 e. The molecule has 1 rings (SSSR count). The minimum Gasteiger partial charge on any atom is -0.465 e. The zero-order valence-corrected chi connectivity index (χ0v) is 13.1. The van der Waals surface area contributed by atoms with Crippen molar-refractivity contribution in [3.05, 3.63) is 23.8 Å². The monoisotopic (exact) mass is 296 g/mol. The van der Waals surface area contributed by atoms with Crippen LogP contribution in [0, 0.1) is 0 Å². The molecule has 0 saturated carbocycles. The molecule has 0 atom stereocenters. The molecule has 1 aromatic carbocycles. The molecule has 0 aromatic heterocycles. The number of para-hydroxylation sites is 1.